The van der Waals surface area contributed by atoms with Gasteiger partial charge in [0.05, 0.1) is 23.9 Å². The Balaban J connectivity index is 1.21. The van der Waals surface area contributed by atoms with Crippen LogP contribution in [0.4, 0.5) is 8.78 Å². The number of piperidine rings is 2. The third kappa shape index (κ3) is 7.70. The Bertz CT molecular complexity index is 1300. The molecule has 1 aromatic heterocycles. The molecule has 1 saturated carbocycles. The van der Waals surface area contributed by atoms with Crippen molar-refractivity contribution in [1.29, 1.82) is 0 Å². The van der Waals surface area contributed by atoms with Crippen LogP contribution in [0.2, 0.25) is 0 Å². The van der Waals surface area contributed by atoms with Crippen molar-refractivity contribution in [2.24, 2.45) is 11.8 Å². The number of amides is 4. The SMILES string of the molecule is Cc1nc2sc1C(=O)N1CC[C@@H](CC(=O)N3CCOCC3)[C@@H](CC(=O)N3CC[C@@H](NC4CCC(F)(F)CC4)C[C@H]3C(=O)NCC2)C1. The third-order valence-corrected chi connectivity index (χ3v) is 11.7. The van der Waals surface area contributed by atoms with E-state index in [1.807, 2.05) is 16.7 Å². The number of carbonyl (C=O) groups excluding carboxylic acids is 4. The summed E-state index contributed by atoms with van der Waals surface area (Å²) in [4.78, 5) is 65.3. The number of thiazole rings is 1. The fourth-order valence-corrected chi connectivity index (χ4v) is 8.82. The molecule has 4 aliphatic heterocycles. The molecule has 1 aliphatic carbocycles. The minimum absolute atomic E-state index is 0.0324. The molecule has 1 aromatic rings. The second kappa shape index (κ2) is 14.2. The molecule has 4 fully saturated rings. The largest absolute Gasteiger partial charge is 0.378 e. The molecular weight excluding hydrogens is 618 g/mol. The van der Waals surface area contributed by atoms with Crippen LogP contribution in [0.15, 0.2) is 0 Å². The molecule has 46 heavy (non-hydrogen) atoms. The van der Waals surface area contributed by atoms with E-state index in [0.717, 1.165) is 5.01 Å². The van der Waals surface area contributed by atoms with Gasteiger partial charge in [-0.05, 0) is 50.9 Å². The summed E-state index contributed by atoms with van der Waals surface area (Å²) < 4.78 is 32.9. The number of rotatable bonds is 4. The van der Waals surface area contributed by atoms with Gasteiger partial charge in [-0.15, -0.1) is 11.3 Å². The molecule has 14 heteroatoms. The Kier molecular flexibility index (Phi) is 10.2. The van der Waals surface area contributed by atoms with Crippen molar-refractivity contribution in [3.05, 3.63) is 15.6 Å². The predicted octanol–water partition coefficient (Wildman–Crippen LogP) is 2.37. The molecule has 5 aliphatic rings. The smallest absolute Gasteiger partial charge is 0.265 e. The minimum atomic E-state index is -2.61. The van der Waals surface area contributed by atoms with Crippen molar-refractivity contribution in [2.75, 3.05) is 52.5 Å². The molecule has 4 amide bonds. The molecule has 11 nitrogen and oxygen atoms in total. The molecular formula is C32H46F2N6O5S. The van der Waals surface area contributed by atoms with Crippen molar-refractivity contribution in [2.45, 2.75) is 95.2 Å². The summed E-state index contributed by atoms with van der Waals surface area (Å²) in [5.41, 5.74) is 0.661. The summed E-state index contributed by atoms with van der Waals surface area (Å²) in [6, 6.07) is -0.795. The summed E-state index contributed by atoms with van der Waals surface area (Å²) in [6.45, 7) is 5.51. The van der Waals surface area contributed by atoms with Gasteiger partial charge in [-0.25, -0.2) is 13.8 Å². The Labute approximate surface area is 272 Å². The van der Waals surface area contributed by atoms with E-state index in [1.54, 1.807) is 4.90 Å². The van der Waals surface area contributed by atoms with Gasteiger partial charge >= 0.3 is 0 Å². The van der Waals surface area contributed by atoms with Gasteiger partial charge in [0.2, 0.25) is 23.6 Å². The molecule has 5 heterocycles. The molecule has 254 valence electrons. The van der Waals surface area contributed by atoms with Gasteiger partial charge < -0.3 is 30.1 Å². The van der Waals surface area contributed by atoms with E-state index in [2.05, 4.69) is 15.6 Å². The average Bonchev–Trinajstić information content (AvgIpc) is 3.42. The van der Waals surface area contributed by atoms with Crippen LogP contribution in [0.25, 0.3) is 0 Å². The summed E-state index contributed by atoms with van der Waals surface area (Å²) >= 11 is 1.35. The average molecular weight is 665 g/mol. The molecule has 4 bridgehead atoms. The minimum Gasteiger partial charge on any atom is -0.378 e. The number of nitrogens with one attached hydrogen (secondary N) is 2. The first kappa shape index (κ1) is 33.2. The first-order valence-electron chi connectivity index (χ1n) is 16.9. The molecule has 2 N–H and O–H groups in total. The van der Waals surface area contributed by atoms with E-state index in [-0.39, 0.29) is 66.8 Å². The molecule has 6 rings (SSSR count). The van der Waals surface area contributed by atoms with Gasteiger partial charge in [-0.2, -0.15) is 0 Å². The van der Waals surface area contributed by atoms with Crippen molar-refractivity contribution in [1.82, 2.24) is 30.3 Å². The van der Waals surface area contributed by atoms with E-state index in [4.69, 9.17) is 4.74 Å². The number of alkyl halides is 2. The van der Waals surface area contributed by atoms with Gasteiger partial charge in [-0.1, -0.05) is 0 Å². The normalized spacial score (nSPS) is 29.9. The number of fused-ring (bicyclic) bond motifs is 5. The van der Waals surface area contributed by atoms with Crippen molar-refractivity contribution in [3.8, 4) is 0 Å². The molecule has 3 saturated heterocycles. The zero-order valence-corrected chi connectivity index (χ0v) is 27.4. The fraction of sp³-hybridized carbons (Fsp3) is 0.781. The van der Waals surface area contributed by atoms with Crippen LogP contribution in [-0.2, 0) is 25.5 Å². The first-order valence-corrected chi connectivity index (χ1v) is 17.7. The Morgan fingerprint density at radius 2 is 1.83 bits per heavy atom. The lowest BCUT2D eigenvalue weighted by molar-refractivity contribution is -0.145. The second-order valence-corrected chi connectivity index (χ2v) is 14.7. The quantitative estimate of drug-likeness (QED) is 0.507. The zero-order valence-electron chi connectivity index (χ0n) is 26.6. The summed E-state index contributed by atoms with van der Waals surface area (Å²) in [5.74, 6) is -3.36. The lowest BCUT2D eigenvalue weighted by Gasteiger charge is -2.43. The number of hydrogen-bond acceptors (Lipinski definition) is 8. The molecule has 0 unspecified atom stereocenters. The molecule has 0 aromatic carbocycles. The maximum absolute atomic E-state index is 14.1. The highest BCUT2D eigenvalue weighted by Crippen LogP contribution is 2.35. The van der Waals surface area contributed by atoms with E-state index in [1.165, 1.54) is 11.3 Å². The fourth-order valence-electron chi connectivity index (χ4n) is 7.79. The number of aromatic nitrogens is 1. The van der Waals surface area contributed by atoms with Crippen LogP contribution < -0.4 is 10.6 Å². The Morgan fingerprint density at radius 3 is 2.59 bits per heavy atom. The maximum atomic E-state index is 14.1. The number of halogens is 2. The first-order chi connectivity index (χ1) is 22.1. The number of nitrogens with zero attached hydrogens (tertiary/aromatic N) is 4. The van der Waals surface area contributed by atoms with Crippen molar-refractivity contribution < 1.29 is 32.7 Å². The van der Waals surface area contributed by atoms with E-state index in [0.29, 0.717) is 108 Å². The van der Waals surface area contributed by atoms with Gasteiger partial charge in [0.15, 0.2) is 0 Å². The highest BCUT2D eigenvalue weighted by Gasteiger charge is 2.42. The maximum Gasteiger partial charge on any atom is 0.265 e. The zero-order chi connectivity index (χ0) is 32.4. The number of morpholine rings is 1. The van der Waals surface area contributed by atoms with Gasteiger partial charge in [0.25, 0.3) is 5.91 Å². The van der Waals surface area contributed by atoms with Gasteiger partial charge in [0.1, 0.15) is 10.9 Å². The highest BCUT2D eigenvalue weighted by atomic mass is 32.1. The number of hydrogen-bond donors (Lipinski definition) is 2. The van der Waals surface area contributed by atoms with Crippen molar-refractivity contribution >= 4 is 35.0 Å². The highest BCUT2D eigenvalue weighted by molar-refractivity contribution is 7.13. The predicted molar refractivity (Wildman–Crippen MR) is 167 cm³/mol. The number of ether oxygens (including phenoxy) is 1. The standard InChI is InChI=1S/C32H46F2N6O5S/c1-20-29-31(44)39-10-5-21(16-27(41)38-12-14-45-15-13-38)22(19-39)17-28(42)40-11-6-24(37-23-2-7-32(33,34)8-3-23)18-25(40)30(43)35-9-4-26(36-20)46-29/h21-25,37H,2-19H2,1H3,(H,35,43)/t21-,22-,24+,25-/m0/s1. The Hall–Kier alpha value is -2.71. The van der Waals surface area contributed by atoms with Crippen LogP contribution >= 0.6 is 11.3 Å². The van der Waals surface area contributed by atoms with Crippen LogP contribution in [0.5, 0.6) is 0 Å². The second-order valence-electron chi connectivity index (χ2n) is 13.6. The molecule has 0 spiro atoms. The van der Waals surface area contributed by atoms with E-state index < -0.39 is 12.0 Å². The summed E-state index contributed by atoms with van der Waals surface area (Å²) in [5, 5.41) is 7.30. The Morgan fingerprint density at radius 1 is 1.07 bits per heavy atom. The molecule has 4 atom stereocenters. The van der Waals surface area contributed by atoms with Crippen molar-refractivity contribution in [3.63, 3.8) is 0 Å². The van der Waals surface area contributed by atoms with Crippen LogP contribution in [0, 0.1) is 18.8 Å². The van der Waals surface area contributed by atoms with Crippen LogP contribution in [-0.4, -0.2) is 120 Å². The topological polar surface area (TPSA) is 124 Å². The number of aryl methyl sites for hydroxylation is 1. The van der Waals surface area contributed by atoms with Gasteiger partial charge in [0, 0.05) is 83.5 Å². The third-order valence-electron chi connectivity index (χ3n) is 10.5. The lowest BCUT2D eigenvalue weighted by Crippen LogP contribution is -2.58. The van der Waals surface area contributed by atoms with Gasteiger partial charge in [-0.3, -0.25) is 19.2 Å². The van der Waals surface area contributed by atoms with Crippen LogP contribution in [0.1, 0.15) is 78.2 Å². The number of carbonyl (C=O) groups is 4. The van der Waals surface area contributed by atoms with E-state index >= 15 is 0 Å². The van der Waals surface area contributed by atoms with Crippen LogP contribution in [0.3, 0.4) is 0 Å². The summed E-state index contributed by atoms with van der Waals surface area (Å²) in [6.07, 6.45) is 3.05. The summed E-state index contributed by atoms with van der Waals surface area (Å²) in [7, 11) is 0. The lowest BCUT2D eigenvalue weighted by atomic mass is 9.80. The van der Waals surface area contributed by atoms with E-state index in [9.17, 15) is 28.0 Å². The monoisotopic (exact) mass is 664 g/mol. The molecule has 0 radical (unpaired) electrons.